The van der Waals surface area contributed by atoms with Crippen molar-refractivity contribution in [2.75, 3.05) is 26.6 Å². The summed E-state index contributed by atoms with van der Waals surface area (Å²) in [5.41, 5.74) is 0.224. The molecule has 1 atom stereocenters. The zero-order valence-corrected chi connectivity index (χ0v) is 19.4. The number of hydrogen-bond donors (Lipinski definition) is 2. The molecule has 33 heavy (non-hydrogen) atoms. The van der Waals surface area contributed by atoms with Crippen LogP contribution in [0, 0.1) is 6.92 Å². The summed E-state index contributed by atoms with van der Waals surface area (Å²) in [5, 5.41) is 13.9. The van der Waals surface area contributed by atoms with E-state index in [9.17, 15) is 14.7 Å². The van der Waals surface area contributed by atoms with Crippen LogP contribution in [0.5, 0.6) is 23.0 Å². The molecule has 0 radical (unpaired) electrons. The summed E-state index contributed by atoms with van der Waals surface area (Å²) in [7, 11) is 4.39. The second kappa shape index (κ2) is 10.3. The second-order valence-corrected chi connectivity index (χ2v) is 7.65. The van der Waals surface area contributed by atoms with Crippen LogP contribution in [-0.4, -0.2) is 32.3 Å². The molecule has 1 amide bonds. The Morgan fingerprint density at radius 2 is 1.67 bits per heavy atom. The Hall–Kier alpha value is -3.65. The van der Waals surface area contributed by atoms with Gasteiger partial charge in [-0.05, 0) is 48.9 Å². The van der Waals surface area contributed by atoms with E-state index in [0.29, 0.717) is 33.5 Å². The smallest absolute Gasteiger partial charge is 0.343 e. The lowest BCUT2D eigenvalue weighted by Gasteiger charge is -2.21. The Kier molecular flexibility index (Phi) is 7.50. The molecule has 1 aromatic heterocycles. The topological polar surface area (TPSA) is 107 Å². The lowest BCUT2D eigenvalue weighted by atomic mass is 9.88. The number of aromatic hydroxyl groups is 1. The molecule has 0 saturated heterocycles. The Morgan fingerprint density at radius 3 is 2.18 bits per heavy atom. The van der Waals surface area contributed by atoms with Crippen LogP contribution in [0.4, 0.5) is 5.69 Å². The second-order valence-electron chi connectivity index (χ2n) is 7.21. The van der Waals surface area contributed by atoms with Crippen LogP contribution >= 0.6 is 11.6 Å². The molecule has 2 N–H and O–H groups in total. The van der Waals surface area contributed by atoms with Crippen molar-refractivity contribution in [1.82, 2.24) is 0 Å². The fourth-order valence-electron chi connectivity index (χ4n) is 3.55. The Balaban J connectivity index is 2.09. The average Bonchev–Trinajstić information content (AvgIpc) is 2.78. The highest BCUT2D eigenvalue weighted by atomic mass is 35.5. The summed E-state index contributed by atoms with van der Waals surface area (Å²) >= 11 is 5.90. The zero-order chi connectivity index (χ0) is 24.1. The standard InChI is InChI=1S/C24H24ClNO7/c1-13-9-18(27)22(24(29)33-13)17(12-21(28)26-16-7-5-15(25)6-8-16)14-10-19(30-2)23(32-4)20(11-14)31-3/h5-11,17,27H,12H2,1-4H3,(H,26,28)/t17-/m1/s1. The van der Waals surface area contributed by atoms with Gasteiger partial charge in [0.05, 0.1) is 26.9 Å². The quantitative estimate of drug-likeness (QED) is 0.496. The number of nitrogens with one attached hydrogen (secondary N) is 1. The normalized spacial score (nSPS) is 11.5. The van der Waals surface area contributed by atoms with E-state index in [0.717, 1.165) is 0 Å². The largest absolute Gasteiger partial charge is 0.507 e. The molecule has 0 aliphatic heterocycles. The van der Waals surface area contributed by atoms with Crippen LogP contribution in [0.1, 0.15) is 29.2 Å². The van der Waals surface area contributed by atoms with E-state index in [2.05, 4.69) is 5.32 Å². The molecule has 0 fully saturated rings. The van der Waals surface area contributed by atoms with Gasteiger partial charge in [0, 0.05) is 29.1 Å². The van der Waals surface area contributed by atoms with Gasteiger partial charge in [-0.2, -0.15) is 0 Å². The molecule has 2 aromatic carbocycles. The molecular formula is C24H24ClNO7. The van der Waals surface area contributed by atoms with Crippen LogP contribution in [0.15, 0.2) is 51.7 Å². The van der Waals surface area contributed by atoms with Gasteiger partial charge in [-0.15, -0.1) is 0 Å². The van der Waals surface area contributed by atoms with Crippen molar-refractivity contribution in [2.24, 2.45) is 0 Å². The molecule has 0 spiro atoms. The molecular weight excluding hydrogens is 450 g/mol. The summed E-state index contributed by atoms with van der Waals surface area (Å²) < 4.78 is 21.4. The minimum Gasteiger partial charge on any atom is -0.507 e. The third-order valence-electron chi connectivity index (χ3n) is 5.04. The van der Waals surface area contributed by atoms with Crippen molar-refractivity contribution >= 4 is 23.2 Å². The first kappa shape index (κ1) is 24.0. The van der Waals surface area contributed by atoms with E-state index in [1.54, 1.807) is 43.3 Å². The maximum atomic E-state index is 12.9. The molecule has 1 heterocycles. The first-order chi connectivity index (χ1) is 15.8. The number of methoxy groups -OCH3 is 3. The SMILES string of the molecule is COc1cc([C@@H](CC(=O)Nc2ccc(Cl)cc2)c2c(O)cc(C)oc2=O)cc(OC)c1OC. The fourth-order valence-corrected chi connectivity index (χ4v) is 3.67. The van der Waals surface area contributed by atoms with Gasteiger partial charge >= 0.3 is 5.63 Å². The highest BCUT2D eigenvalue weighted by Gasteiger charge is 2.28. The number of rotatable bonds is 8. The third-order valence-corrected chi connectivity index (χ3v) is 5.30. The predicted molar refractivity (Wildman–Crippen MR) is 124 cm³/mol. The summed E-state index contributed by atoms with van der Waals surface area (Å²) in [5.74, 6) is -0.263. The van der Waals surface area contributed by atoms with Crippen molar-refractivity contribution in [3.63, 3.8) is 0 Å². The van der Waals surface area contributed by atoms with Crippen molar-refractivity contribution < 1.29 is 28.5 Å². The van der Waals surface area contributed by atoms with Gasteiger partial charge in [-0.25, -0.2) is 4.79 Å². The van der Waals surface area contributed by atoms with Gasteiger partial charge in [-0.1, -0.05) is 11.6 Å². The molecule has 8 nitrogen and oxygen atoms in total. The van der Waals surface area contributed by atoms with Crippen molar-refractivity contribution in [3.8, 4) is 23.0 Å². The molecule has 0 saturated carbocycles. The number of carbonyl (C=O) groups excluding carboxylic acids is 1. The van der Waals surface area contributed by atoms with Crippen molar-refractivity contribution in [1.29, 1.82) is 0 Å². The van der Waals surface area contributed by atoms with Gasteiger partial charge in [0.15, 0.2) is 11.5 Å². The molecule has 0 aliphatic carbocycles. The molecule has 0 bridgehead atoms. The van der Waals surface area contributed by atoms with Gasteiger partial charge in [-0.3, -0.25) is 4.79 Å². The Labute approximate surface area is 195 Å². The lowest BCUT2D eigenvalue weighted by Crippen LogP contribution is -2.21. The van der Waals surface area contributed by atoms with E-state index in [1.807, 2.05) is 0 Å². The van der Waals surface area contributed by atoms with Crippen LogP contribution in [0.3, 0.4) is 0 Å². The summed E-state index contributed by atoms with van der Waals surface area (Å²) in [6.07, 6.45) is -0.178. The monoisotopic (exact) mass is 473 g/mol. The predicted octanol–water partition coefficient (Wildman–Crippen LogP) is 4.49. The van der Waals surface area contributed by atoms with Crippen LogP contribution in [-0.2, 0) is 4.79 Å². The summed E-state index contributed by atoms with van der Waals surface area (Å²) in [4.78, 5) is 25.7. The number of carbonyl (C=O) groups is 1. The minimum atomic E-state index is -0.872. The van der Waals surface area contributed by atoms with Crippen molar-refractivity contribution in [3.05, 3.63) is 74.8 Å². The molecule has 174 valence electrons. The molecule has 3 aromatic rings. The van der Waals surface area contributed by atoms with Gasteiger partial charge < -0.3 is 29.1 Å². The Bertz CT molecular complexity index is 1180. The fraction of sp³-hybridized carbons (Fsp3) is 0.250. The number of ether oxygens (including phenoxy) is 3. The molecule has 9 heteroatoms. The highest BCUT2D eigenvalue weighted by molar-refractivity contribution is 6.30. The zero-order valence-electron chi connectivity index (χ0n) is 18.6. The van der Waals surface area contributed by atoms with Crippen LogP contribution in [0.25, 0.3) is 0 Å². The van der Waals surface area contributed by atoms with Gasteiger partial charge in [0.25, 0.3) is 0 Å². The maximum Gasteiger partial charge on any atom is 0.343 e. The number of aryl methyl sites for hydroxylation is 1. The first-order valence-electron chi connectivity index (χ1n) is 9.96. The summed E-state index contributed by atoms with van der Waals surface area (Å²) in [6.45, 7) is 1.55. The number of halogens is 1. The van der Waals surface area contributed by atoms with Gasteiger partial charge in [0.1, 0.15) is 11.5 Å². The average molecular weight is 474 g/mol. The lowest BCUT2D eigenvalue weighted by molar-refractivity contribution is -0.116. The number of benzene rings is 2. The minimum absolute atomic E-state index is 0.0545. The van der Waals surface area contributed by atoms with E-state index < -0.39 is 17.5 Å². The van der Waals surface area contributed by atoms with E-state index in [1.165, 1.54) is 27.4 Å². The number of amides is 1. The van der Waals surface area contributed by atoms with Crippen LogP contribution < -0.4 is 25.2 Å². The Morgan fingerprint density at radius 1 is 1.06 bits per heavy atom. The van der Waals surface area contributed by atoms with Gasteiger partial charge in [0.2, 0.25) is 11.7 Å². The van der Waals surface area contributed by atoms with E-state index in [-0.39, 0.29) is 23.5 Å². The highest BCUT2D eigenvalue weighted by Crippen LogP contribution is 2.43. The number of hydrogen-bond acceptors (Lipinski definition) is 7. The van der Waals surface area contributed by atoms with E-state index in [4.69, 9.17) is 30.2 Å². The third kappa shape index (κ3) is 5.40. The summed E-state index contributed by atoms with van der Waals surface area (Å²) in [6, 6.07) is 11.2. The number of anilines is 1. The first-order valence-corrected chi connectivity index (χ1v) is 10.3. The van der Waals surface area contributed by atoms with Crippen molar-refractivity contribution in [2.45, 2.75) is 19.3 Å². The molecule has 0 aliphatic rings. The molecule has 3 rings (SSSR count). The molecule has 0 unspecified atom stereocenters. The maximum absolute atomic E-state index is 12.9. The van der Waals surface area contributed by atoms with Crippen LogP contribution in [0.2, 0.25) is 5.02 Å². The van der Waals surface area contributed by atoms with E-state index >= 15 is 0 Å².